The van der Waals surface area contributed by atoms with Gasteiger partial charge in [0.25, 0.3) is 0 Å². The maximum Gasteiger partial charge on any atom is 0.215 e. The second-order valence-electron chi connectivity index (χ2n) is 5.98. The van der Waals surface area contributed by atoms with Crippen LogP contribution >= 0.6 is 35.6 Å². The van der Waals surface area contributed by atoms with Crippen LogP contribution in [-0.4, -0.2) is 35.0 Å². The lowest BCUT2D eigenvalue weighted by Gasteiger charge is -2.13. The summed E-state index contributed by atoms with van der Waals surface area (Å²) in [5, 5.41) is 7.24. The molecule has 6 nitrogen and oxygen atoms in total. The third-order valence-corrected chi connectivity index (χ3v) is 5.69. The zero-order valence-corrected chi connectivity index (χ0v) is 19.8. The molecular weight excluding hydrogens is 511 g/mol. The maximum absolute atomic E-state index is 11.7. The summed E-state index contributed by atoms with van der Waals surface area (Å²) in [4.78, 5) is 4.21. The Kier molecular flexibility index (Phi) is 10.8. The van der Waals surface area contributed by atoms with Crippen LogP contribution in [0.5, 0.6) is 0 Å². The van der Waals surface area contributed by atoms with E-state index in [0.717, 1.165) is 28.1 Å². The molecule has 0 fully saturated rings. The summed E-state index contributed by atoms with van der Waals surface area (Å²) in [5.74, 6) is 0.637. The van der Waals surface area contributed by atoms with Crippen molar-refractivity contribution in [2.45, 2.75) is 18.7 Å². The number of nitrogens with zero attached hydrogens (tertiary/aromatic N) is 1. The van der Waals surface area contributed by atoms with Crippen LogP contribution in [0.2, 0.25) is 5.02 Å². The Morgan fingerprint density at radius 3 is 2.46 bits per heavy atom. The quantitative estimate of drug-likeness (QED) is 0.275. The molecule has 0 aliphatic carbocycles. The van der Waals surface area contributed by atoms with Gasteiger partial charge in [-0.25, -0.2) is 13.1 Å². The number of aliphatic imine (C=N–C) groups is 1. The molecule has 154 valence electrons. The third kappa shape index (κ3) is 8.34. The fourth-order valence-corrected chi connectivity index (χ4v) is 3.54. The number of nitrogens with one attached hydrogen (secondary N) is 3. The van der Waals surface area contributed by atoms with E-state index in [-0.39, 0.29) is 29.7 Å². The molecule has 0 aliphatic rings. The monoisotopic (exact) mass is 536 g/mol. The Morgan fingerprint density at radius 2 is 1.79 bits per heavy atom. The molecule has 0 aliphatic heterocycles. The van der Waals surface area contributed by atoms with Crippen LogP contribution in [0.3, 0.4) is 0 Å². The molecule has 0 aromatic heterocycles. The van der Waals surface area contributed by atoms with Gasteiger partial charge < -0.3 is 10.6 Å². The Bertz CT molecular complexity index is 891. The van der Waals surface area contributed by atoms with E-state index in [1.54, 1.807) is 13.1 Å². The third-order valence-electron chi connectivity index (χ3n) is 3.99. The number of hydrogen-bond acceptors (Lipinski definition) is 3. The molecule has 2 aromatic carbocycles. The van der Waals surface area contributed by atoms with Crippen molar-refractivity contribution in [3.8, 4) is 0 Å². The fourth-order valence-electron chi connectivity index (χ4n) is 2.54. The molecule has 0 unspecified atom stereocenters. The molecule has 2 aromatic rings. The van der Waals surface area contributed by atoms with E-state index in [4.69, 9.17) is 11.6 Å². The van der Waals surface area contributed by atoms with Crippen molar-refractivity contribution in [3.63, 3.8) is 0 Å². The Labute approximate surface area is 189 Å². The van der Waals surface area contributed by atoms with Gasteiger partial charge in [0, 0.05) is 25.2 Å². The molecule has 0 radical (unpaired) electrons. The van der Waals surface area contributed by atoms with E-state index in [1.807, 2.05) is 42.5 Å². The second-order valence-corrected chi connectivity index (χ2v) is 8.31. The molecule has 0 atom stereocenters. The van der Waals surface area contributed by atoms with E-state index in [1.165, 1.54) is 7.05 Å². The van der Waals surface area contributed by atoms with Gasteiger partial charge in [-0.1, -0.05) is 54.1 Å². The van der Waals surface area contributed by atoms with Crippen LogP contribution in [0.4, 0.5) is 0 Å². The van der Waals surface area contributed by atoms with Crippen molar-refractivity contribution >= 4 is 51.6 Å². The van der Waals surface area contributed by atoms with Crippen LogP contribution in [0, 0.1) is 0 Å². The molecule has 0 saturated carbocycles. The largest absolute Gasteiger partial charge is 0.356 e. The van der Waals surface area contributed by atoms with Gasteiger partial charge in [0.15, 0.2) is 5.96 Å². The number of hydrogen-bond donors (Lipinski definition) is 3. The topological polar surface area (TPSA) is 82.6 Å². The zero-order valence-electron chi connectivity index (χ0n) is 15.9. The lowest BCUT2D eigenvalue weighted by molar-refractivity contribution is 0.587. The first kappa shape index (κ1) is 24.7. The summed E-state index contributed by atoms with van der Waals surface area (Å²) >= 11 is 6.16. The summed E-state index contributed by atoms with van der Waals surface area (Å²) in [7, 11) is -0.160. The summed E-state index contributed by atoms with van der Waals surface area (Å²) < 4.78 is 25.7. The number of rotatable bonds is 8. The molecule has 0 saturated heterocycles. The smallest absolute Gasteiger partial charge is 0.215 e. The number of guanidine groups is 1. The van der Waals surface area contributed by atoms with Gasteiger partial charge in [0.1, 0.15) is 0 Å². The standard InChI is InChI=1S/C19H25ClN4O2S.HI/c1-21-19(23-11-10-17-8-3-4-9-18(17)20)24-13-15-6-5-7-16(12-15)14-27(25,26)22-2;/h3-9,12,22H,10-11,13-14H2,1-2H3,(H2,21,23,24);1H. The van der Waals surface area contributed by atoms with Crippen molar-refractivity contribution < 1.29 is 8.42 Å². The predicted octanol–water partition coefficient (Wildman–Crippen LogP) is 2.91. The minimum atomic E-state index is -3.28. The normalized spacial score (nSPS) is 11.6. The molecule has 2 rings (SSSR count). The molecule has 0 spiro atoms. The van der Waals surface area contributed by atoms with Crippen molar-refractivity contribution in [3.05, 3.63) is 70.2 Å². The van der Waals surface area contributed by atoms with Gasteiger partial charge in [-0.2, -0.15) is 0 Å². The number of halogens is 2. The van der Waals surface area contributed by atoms with Gasteiger partial charge in [-0.3, -0.25) is 4.99 Å². The minimum absolute atomic E-state index is 0. The highest BCUT2D eigenvalue weighted by atomic mass is 127. The first-order chi connectivity index (χ1) is 12.9. The maximum atomic E-state index is 11.7. The van der Waals surface area contributed by atoms with Gasteiger partial charge in [0.05, 0.1) is 5.75 Å². The fraction of sp³-hybridized carbons (Fsp3) is 0.316. The first-order valence-corrected chi connectivity index (χ1v) is 10.6. The first-order valence-electron chi connectivity index (χ1n) is 8.60. The Hall–Kier alpha value is -1.36. The van der Waals surface area contributed by atoms with Crippen LogP contribution in [0.15, 0.2) is 53.5 Å². The molecule has 3 N–H and O–H groups in total. The highest BCUT2D eigenvalue weighted by molar-refractivity contribution is 14.0. The van der Waals surface area contributed by atoms with E-state index >= 15 is 0 Å². The molecule has 0 bridgehead atoms. The molecular formula is C19H26ClIN4O2S. The van der Waals surface area contributed by atoms with Crippen molar-refractivity contribution in [1.82, 2.24) is 15.4 Å². The van der Waals surface area contributed by atoms with E-state index < -0.39 is 10.0 Å². The SMILES string of the molecule is CN=C(NCCc1ccccc1Cl)NCc1cccc(CS(=O)(=O)NC)c1.I. The predicted molar refractivity (Wildman–Crippen MR) is 127 cm³/mol. The lowest BCUT2D eigenvalue weighted by atomic mass is 10.1. The summed E-state index contributed by atoms with van der Waals surface area (Å²) in [6, 6.07) is 15.2. The highest BCUT2D eigenvalue weighted by Gasteiger charge is 2.09. The Morgan fingerprint density at radius 1 is 1.07 bits per heavy atom. The van der Waals surface area contributed by atoms with Crippen LogP contribution in [-0.2, 0) is 28.7 Å². The summed E-state index contributed by atoms with van der Waals surface area (Å²) in [6.07, 6.45) is 0.789. The van der Waals surface area contributed by atoms with Crippen molar-refractivity contribution in [2.75, 3.05) is 20.6 Å². The average molecular weight is 537 g/mol. The van der Waals surface area contributed by atoms with Crippen molar-refractivity contribution in [2.24, 2.45) is 4.99 Å². The van der Waals surface area contributed by atoms with Gasteiger partial charge in [-0.05, 0) is 36.2 Å². The van der Waals surface area contributed by atoms with E-state index in [2.05, 4.69) is 20.3 Å². The summed E-state index contributed by atoms with van der Waals surface area (Å²) in [6.45, 7) is 1.24. The second kappa shape index (κ2) is 12.3. The van der Waals surface area contributed by atoms with Crippen molar-refractivity contribution in [1.29, 1.82) is 0 Å². The lowest BCUT2D eigenvalue weighted by Crippen LogP contribution is -2.37. The van der Waals surface area contributed by atoms with E-state index in [9.17, 15) is 8.42 Å². The number of benzene rings is 2. The van der Waals surface area contributed by atoms with Crippen LogP contribution in [0.25, 0.3) is 0 Å². The van der Waals surface area contributed by atoms with E-state index in [0.29, 0.717) is 19.0 Å². The molecule has 0 amide bonds. The van der Waals surface area contributed by atoms with Crippen LogP contribution < -0.4 is 15.4 Å². The van der Waals surface area contributed by atoms with Crippen LogP contribution in [0.1, 0.15) is 16.7 Å². The average Bonchev–Trinajstić information content (AvgIpc) is 2.66. The summed E-state index contributed by atoms with van der Waals surface area (Å²) in [5.41, 5.74) is 2.80. The van der Waals surface area contributed by atoms with Gasteiger partial charge in [0.2, 0.25) is 10.0 Å². The van der Waals surface area contributed by atoms with Gasteiger partial charge in [-0.15, -0.1) is 24.0 Å². The zero-order chi connectivity index (χ0) is 19.7. The van der Waals surface area contributed by atoms with Gasteiger partial charge >= 0.3 is 0 Å². The highest BCUT2D eigenvalue weighted by Crippen LogP contribution is 2.14. The Balaban J connectivity index is 0.00000392. The number of sulfonamides is 1. The minimum Gasteiger partial charge on any atom is -0.356 e. The molecule has 0 heterocycles. The molecule has 28 heavy (non-hydrogen) atoms. The molecule has 9 heteroatoms.